The largest absolute Gasteiger partial charge is 0.395 e. The molecule has 0 saturated heterocycles. The van der Waals surface area contributed by atoms with Crippen LogP contribution in [0, 0.1) is 5.82 Å². The van der Waals surface area contributed by atoms with Gasteiger partial charge in [-0.05, 0) is 28.1 Å². The molecule has 0 saturated carbocycles. The second-order valence-corrected chi connectivity index (χ2v) is 5.72. The first kappa shape index (κ1) is 15.1. The van der Waals surface area contributed by atoms with Gasteiger partial charge in [-0.25, -0.2) is 4.39 Å². The van der Waals surface area contributed by atoms with Gasteiger partial charge in [-0.2, -0.15) is 0 Å². The van der Waals surface area contributed by atoms with E-state index in [0.717, 1.165) is 11.0 Å². The minimum atomic E-state index is -0.599. The Balaban J connectivity index is 2.26. The van der Waals surface area contributed by atoms with Gasteiger partial charge in [-0.15, -0.1) is 0 Å². The quantitative estimate of drug-likeness (QED) is 0.749. The van der Waals surface area contributed by atoms with Gasteiger partial charge in [-0.3, -0.25) is 14.5 Å². The number of amides is 2. The molecule has 1 aliphatic heterocycles. The monoisotopic (exact) mass is 406 g/mol. The van der Waals surface area contributed by atoms with Crippen molar-refractivity contribution < 1.29 is 19.1 Å². The average Bonchev–Trinajstić information content (AvgIpc) is 2.62. The number of carbonyl (C=O) groups excluding carboxylic acids is 2. The zero-order valence-electron chi connectivity index (χ0n) is 9.99. The molecule has 0 aromatic heterocycles. The van der Waals surface area contributed by atoms with Crippen LogP contribution in [-0.2, 0) is 9.59 Å². The normalized spacial score (nSPS) is 14.8. The van der Waals surface area contributed by atoms with Crippen molar-refractivity contribution in [3.8, 4) is 0 Å². The van der Waals surface area contributed by atoms with Gasteiger partial charge in [-0.1, -0.05) is 15.9 Å². The highest BCUT2D eigenvalue weighted by molar-refractivity contribution is 9.11. The highest BCUT2D eigenvalue weighted by Gasteiger charge is 2.31. The lowest BCUT2D eigenvalue weighted by Crippen LogP contribution is -2.34. The summed E-state index contributed by atoms with van der Waals surface area (Å²) in [5.41, 5.74) is 0.0248. The zero-order valence-corrected chi connectivity index (χ0v) is 13.2. The summed E-state index contributed by atoms with van der Waals surface area (Å²) in [6.07, 6.45) is 1.08. The van der Waals surface area contributed by atoms with E-state index in [-0.39, 0.29) is 24.5 Å². The number of nitrogens with zero attached hydrogens (tertiary/aromatic N) is 1. The molecule has 0 unspecified atom stereocenters. The number of hydrogen-bond donors (Lipinski definition) is 2. The van der Waals surface area contributed by atoms with Crippen LogP contribution < -0.4 is 5.32 Å². The fraction of sp³-hybridized carbons (Fsp3) is 0.167. The average molecular weight is 408 g/mol. The molecule has 1 heterocycles. The molecule has 0 aliphatic carbocycles. The Labute approximate surface area is 130 Å². The zero-order chi connectivity index (χ0) is 14.9. The number of aliphatic hydroxyl groups is 1. The van der Waals surface area contributed by atoms with Gasteiger partial charge in [0.05, 0.1) is 18.8 Å². The molecule has 1 aromatic carbocycles. The third-order valence-corrected chi connectivity index (χ3v) is 3.68. The first-order chi connectivity index (χ1) is 9.43. The van der Waals surface area contributed by atoms with Crippen LogP contribution >= 0.6 is 31.9 Å². The number of aliphatic hydroxyl groups excluding tert-OH is 1. The van der Waals surface area contributed by atoms with Gasteiger partial charge >= 0.3 is 0 Å². The topological polar surface area (TPSA) is 69.6 Å². The Morgan fingerprint density at radius 2 is 2.00 bits per heavy atom. The number of β-amino-alcohol motifs (C(OH)–C–C–N with tert-alkyl or cyclic N) is 1. The summed E-state index contributed by atoms with van der Waals surface area (Å²) in [6, 6.07) is 2.85. The van der Waals surface area contributed by atoms with E-state index in [9.17, 15) is 14.0 Å². The molecular formula is C12H9Br2FN2O3. The Morgan fingerprint density at radius 3 is 2.60 bits per heavy atom. The number of anilines is 1. The van der Waals surface area contributed by atoms with Crippen molar-refractivity contribution in [2.45, 2.75) is 0 Å². The Kier molecular flexibility index (Phi) is 4.56. The van der Waals surface area contributed by atoms with Gasteiger partial charge in [0.15, 0.2) is 0 Å². The molecule has 1 aromatic rings. The summed E-state index contributed by atoms with van der Waals surface area (Å²) in [5.74, 6) is -1.72. The second kappa shape index (κ2) is 6.02. The SMILES string of the molecule is O=C1C=C(Nc2c(F)cc(Br)cc2Br)C(=O)N1CCO. The first-order valence-corrected chi connectivity index (χ1v) is 7.12. The standard InChI is InChI=1S/C12H9Br2FN2O3/c13-6-3-7(14)11(8(15)4-6)16-9-5-10(19)17(1-2-18)12(9)20/h3-5,16,18H,1-2H2. The number of rotatable bonds is 4. The van der Waals surface area contributed by atoms with Crippen LogP contribution in [0.1, 0.15) is 0 Å². The molecule has 2 rings (SSSR count). The molecule has 20 heavy (non-hydrogen) atoms. The smallest absolute Gasteiger partial charge is 0.277 e. The molecule has 2 amide bonds. The van der Waals surface area contributed by atoms with Gasteiger partial charge in [0.1, 0.15) is 11.5 Å². The molecule has 0 bridgehead atoms. The number of carbonyl (C=O) groups is 2. The van der Waals surface area contributed by atoms with Gasteiger partial charge in [0, 0.05) is 15.0 Å². The van der Waals surface area contributed by atoms with Gasteiger partial charge < -0.3 is 10.4 Å². The molecule has 2 N–H and O–H groups in total. The summed E-state index contributed by atoms with van der Waals surface area (Å²) in [7, 11) is 0. The van der Waals surface area contributed by atoms with E-state index < -0.39 is 17.6 Å². The fourth-order valence-corrected chi connectivity index (χ4v) is 2.98. The highest BCUT2D eigenvalue weighted by atomic mass is 79.9. The van der Waals surface area contributed by atoms with E-state index in [1.165, 1.54) is 6.07 Å². The summed E-state index contributed by atoms with van der Waals surface area (Å²) in [6.45, 7) is -0.418. The fourth-order valence-electron chi connectivity index (χ4n) is 1.71. The first-order valence-electron chi connectivity index (χ1n) is 5.54. The van der Waals surface area contributed by atoms with E-state index in [0.29, 0.717) is 8.95 Å². The van der Waals surface area contributed by atoms with Crippen molar-refractivity contribution in [3.63, 3.8) is 0 Å². The number of nitrogens with one attached hydrogen (secondary N) is 1. The summed E-state index contributed by atoms with van der Waals surface area (Å²) < 4.78 is 14.8. The maximum atomic E-state index is 13.8. The van der Waals surface area contributed by atoms with Gasteiger partial charge in [0.25, 0.3) is 11.8 Å². The maximum Gasteiger partial charge on any atom is 0.277 e. The van der Waals surface area contributed by atoms with Crippen LogP contribution in [0.15, 0.2) is 32.9 Å². The van der Waals surface area contributed by atoms with E-state index in [1.807, 2.05) is 0 Å². The second-order valence-electron chi connectivity index (χ2n) is 3.95. The lowest BCUT2D eigenvalue weighted by Gasteiger charge is -2.14. The molecule has 5 nitrogen and oxygen atoms in total. The molecule has 0 spiro atoms. The minimum Gasteiger partial charge on any atom is -0.395 e. The maximum absolute atomic E-state index is 13.8. The lowest BCUT2D eigenvalue weighted by molar-refractivity contribution is -0.137. The van der Waals surface area contributed by atoms with Crippen molar-refractivity contribution >= 4 is 49.4 Å². The van der Waals surface area contributed by atoms with E-state index in [4.69, 9.17) is 5.11 Å². The van der Waals surface area contributed by atoms with Gasteiger partial charge in [0.2, 0.25) is 0 Å². The molecule has 106 valence electrons. The van der Waals surface area contributed by atoms with Crippen molar-refractivity contribution in [2.24, 2.45) is 0 Å². The lowest BCUT2D eigenvalue weighted by atomic mass is 10.3. The molecule has 1 aliphatic rings. The van der Waals surface area contributed by atoms with Crippen LogP contribution in [0.3, 0.4) is 0 Å². The third kappa shape index (κ3) is 2.92. The van der Waals surface area contributed by atoms with Crippen molar-refractivity contribution in [2.75, 3.05) is 18.5 Å². The van der Waals surface area contributed by atoms with Crippen LogP contribution in [-0.4, -0.2) is 35.0 Å². The number of halogens is 3. The molecule has 0 atom stereocenters. The van der Waals surface area contributed by atoms with Crippen LogP contribution in [0.2, 0.25) is 0 Å². The molecule has 0 fully saturated rings. The Bertz CT molecular complexity index is 596. The molecule has 0 radical (unpaired) electrons. The highest BCUT2D eigenvalue weighted by Crippen LogP contribution is 2.31. The summed E-state index contributed by atoms with van der Waals surface area (Å²) in [5, 5.41) is 11.4. The predicted molar refractivity (Wildman–Crippen MR) is 77.3 cm³/mol. The van der Waals surface area contributed by atoms with Crippen LogP contribution in [0.5, 0.6) is 0 Å². The van der Waals surface area contributed by atoms with Crippen molar-refractivity contribution in [1.29, 1.82) is 0 Å². The predicted octanol–water partition coefficient (Wildman–Crippen LogP) is 2.01. The van der Waals surface area contributed by atoms with Crippen molar-refractivity contribution in [3.05, 3.63) is 38.7 Å². The third-order valence-electron chi connectivity index (χ3n) is 2.60. The number of hydrogen-bond acceptors (Lipinski definition) is 4. The van der Waals surface area contributed by atoms with E-state index >= 15 is 0 Å². The summed E-state index contributed by atoms with van der Waals surface area (Å²) >= 11 is 6.32. The minimum absolute atomic E-state index is 0.0367. The molecular weight excluding hydrogens is 399 g/mol. The van der Waals surface area contributed by atoms with Crippen LogP contribution in [0.4, 0.5) is 10.1 Å². The number of imide groups is 1. The Hall–Kier alpha value is -1.25. The number of benzene rings is 1. The van der Waals surface area contributed by atoms with Crippen molar-refractivity contribution in [1.82, 2.24) is 4.90 Å². The summed E-state index contributed by atoms with van der Waals surface area (Å²) in [4.78, 5) is 24.4. The van der Waals surface area contributed by atoms with E-state index in [2.05, 4.69) is 37.2 Å². The Morgan fingerprint density at radius 1 is 1.30 bits per heavy atom. The molecule has 8 heteroatoms. The van der Waals surface area contributed by atoms with Crippen LogP contribution in [0.25, 0.3) is 0 Å². The van der Waals surface area contributed by atoms with E-state index in [1.54, 1.807) is 6.07 Å².